The lowest BCUT2D eigenvalue weighted by atomic mass is 9.89. The number of carbonyl (C=O) groups is 2. The number of amides is 2. The number of rotatable bonds is 9. The fraction of sp³-hybridized carbons (Fsp3) is 0.267. The van der Waals surface area contributed by atoms with Crippen molar-refractivity contribution in [3.63, 3.8) is 0 Å². The molecule has 1 saturated carbocycles. The van der Waals surface area contributed by atoms with Crippen molar-refractivity contribution < 1.29 is 19.1 Å². The largest absolute Gasteiger partial charge is 0.493 e. The Balaban J connectivity index is 1.38. The molecule has 0 bridgehead atoms. The van der Waals surface area contributed by atoms with E-state index in [1.54, 1.807) is 38.5 Å². The molecule has 3 N–H and O–H groups in total. The van der Waals surface area contributed by atoms with E-state index in [0.717, 1.165) is 28.5 Å². The van der Waals surface area contributed by atoms with Crippen molar-refractivity contribution in [2.75, 3.05) is 26.1 Å². The lowest BCUT2D eigenvalue weighted by molar-refractivity contribution is -0.117. The molecule has 3 unspecified atom stereocenters. The molecule has 7 nitrogen and oxygen atoms in total. The molecule has 0 saturated heterocycles. The summed E-state index contributed by atoms with van der Waals surface area (Å²) in [6, 6.07) is 20.9. The summed E-state index contributed by atoms with van der Waals surface area (Å²) in [6.07, 6.45) is 2.92. The molecule has 7 heteroatoms. The molecule has 5 rings (SSSR count). The number of anilines is 1. The first-order valence-corrected chi connectivity index (χ1v) is 12.5. The van der Waals surface area contributed by atoms with Gasteiger partial charge in [-0.2, -0.15) is 0 Å². The molecule has 1 fully saturated rings. The summed E-state index contributed by atoms with van der Waals surface area (Å²) in [5, 5.41) is 7.11. The summed E-state index contributed by atoms with van der Waals surface area (Å²) in [6.45, 7) is 2.42. The summed E-state index contributed by atoms with van der Waals surface area (Å²) in [5.74, 6) is 1.47. The van der Waals surface area contributed by atoms with Crippen LogP contribution in [0.15, 0.2) is 72.9 Å². The summed E-state index contributed by atoms with van der Waals surface area (Å²) in [5.41, 5.74) is 4.20. The molecule has 37 heavy (non-hydrogen) atoms. The number of H-pyrrole nitrogens is 1. The van der Waals surface area contributed by atoms with Crippen molar-refractivity contribution in [2.24, 2.45) is 11.8 Å². The molecule has 0 spiro atoms. The average molecular weight is 498 g/mol. The highest BCUT2D eigenvalue weighted by Crippen LogP contribution is 2.40. The minimum Gasteiger partial charge on any atom is -0.493 e. The number of carbonyl (C=O) groups excluding carboxylic acids is 2. The minimum atomic E-state index is -0.194. The van der Waals surface area contributed by atoms with Crippen LogP contribution < -0.4 is 20.1 Å². The molecule has 3 atom stereocenters. The number of fused-ring (bicyclic) bond motifs is 1. The van der Waals surface area contributed by atoms with E-state index in [9.17, 15) is 9.59 Å². The number of benzene rings is 3. The fourth-order valence-electron chi connectivity index (χ4n) is 4.88. The highest BCUT2D eigenvalue weighted by atomic mass is 16.5. The fourth-order valence-corrected chi connectivity index (χ4v) is 4.88. The van der Waals surface area contributed by atoms with Crippen molar-refractivity contribution in [3.05, 3.63) is 89.6 Å². The lowest BCUT2D eigenvalue weighted by Crippen LogP contribution is -2.29. The molecule has 1 aromatic heterocycles. The maximum absolute atomic E-state index is 13.1. The lowest BCUT2D eigenvalue weighted by Gasteiger charge is -2.22. The van der Waals surface area contributed by atoms with Crippen LogP contribution in [0.4, 0.5) is 5.69 Å². The average Bonchev–Trinajstić information content (AvgIpc) is 3.52. The molecule has 1 heterocycles. The second-order valence-corrected chi connectivity index (χ2v) is 9.52. The highest BCUT2D eigenvalue weighted by Gasteiger charge is 2.39. The van der Waals surface area contributed by atoms with Gasteiger partial charge in [0, 0.05) is 52.3 Å². The van der Waals surface area contributed by atoms with Crippen molar-refractivity contribution >= 4 is 28.4 Å². The summed E-state index contributed by atoms with van der Waals surface area (Å²) in [7, 11) is 3.23. The van der Waals surface area contributed by atoms with E-state index in [2.05, 4.69) is 28.6 Å². The summed E-state index contributed by atoms with van der Waals surface area (Å²) < 4.78 is 11.3. The molecule has 190 valence electrons. The smallest absolute Gasteiger partial charge is 0.251 e. The molecule has 1 aliphatic rings. The SMILES string of the molecule is COc1cccc(C(CNC(=O)c2ccc(NC(=O)C3CC3C)cc2)c2c[nH]c3ccccc23)c1OC. The first kappa shape index (κ1) is 24.4. The minimum absolute atomic E-state index is 0.0403. The van der Waals surface area contributed by atoms with E-state index < -0.39 is 0 Å². The number of ether oxygens (including phenoxy) is 2. The van der Waals surface area contributed by atoms with Gasteiger partial charge >= 0.3 is 0 Å². The second-order valence-electron chi connectivity index (χ2n) is 9.52. The van der Waals surface area contributed by atoms with Gasteiger partial charge in [-0.05, 0) is 54.3 Å². The predicted octanol–water partition coefficient (Wildman–Crippen LogP) is 5.34. The molecule has 1 aliphatic carbocycles. The van der Waals surface area contributed by atoms with Crippen LogP contribution >= 0.6 is 0 Å². The van der Waals surface area contributed by atoms with Crippen molar-refractivity contribution in [3.8, 4) is 11.5 Å². The standard InChI is InChI=1S/C30H31N3O4/c1-18-15-23(18)30(35)33-20-13-11-19(12-14-20)29(34)32-17-25(22-8-6-10-27(36-2)28(22)37-3)24-16-31-26-9-5-4-7-21(24)26/h4-14,16,18,23,25,31H,15,17H2,1-3H3,(H,32,34)(H,33,35). The van der Waals surface area contributed by atoms with Gasteiger partial charge in [0.15, 0.2) is 11.5 Å². The van der Waals surface area contributed by atoms with E-state index in [4.69, 9.17) is 9.47 Å². The van der Waals surface area contributed by atoms with Crippen molar-refractivity contribution in [1.29, 1.82) is 0 Å². The van der Waals surface area contributed by atoms with Crippen LogP contribution in [0.2, 0.25) is 0 Å². The number of para-hydroxylation sites is 2. The molecule has 2 amide bonds. The molecular formula is C30H31N3O4. The zero-order valence-electron chi connectivity index (χ0n) is 21.2. The molecular weight excluding hydrogens is 466 g/mol. The Morgan fingerprint density at radius 2 is 1.73 bits per heavy atom. The van der Waals surface area contributed by atoms with Crippen LogP contribution in [0.1, 0.15) is 40.7 Å². The van der Waals surface area contributed by atoms with Crippen LogP contribution in [0.5, 0.6) is 11.5 Å². The Hall–Kier alpha value is -4.26. The topological polar surface area (TPSA) is 92.5 Å². The van der Waals surface area contributed by atoms with Gasteiger partial charge in [-0.1, -0.05) is 37.3 Å². The Morgan fingerprint density at radius 3 is 2.43 bits per heavy atom. The van der Waals surface area contributed by atoms with E-state index in [0.29, 0.717) is 35.2 Å². The van der Waals surface area contributed by atoms with Gasteiger partial charge in [-0.25, -0.2) is 0 Å². The molecule has 0 aliphatic heterocycles. The van der Waals surface area contributed by atoms with Gasteiger partial charge in [0.25, 0.3) is 5.91 Å². The Bertz CT molecular complexity index is 1430. The number of hydrogen-bond acceptors (Lipinski definition) is 4. The third-order valence-corrected chi connectivity index (χ3v) is 7.13. The molecule has 4 aromatic rings. The Kier molecular flexibility index (Phi) is 6.86. The maximum Gasteiger partial charge on any atom is 0.251 e. The first-order chi connectivity index (χ1) is 18.0. The number of aromatic amines is 1. The van der Waals surface area contributed by atoms with Crippen molar-refractivity contribution in [1.82, 2.24) is 10.3 Å². The third kappa shape index (κ3) is 5.03. The predicted molar refractivity (Wildman–Crippen MR) is 144 cm³/mol. The molecule has 0 radical (unpaired) electrons. The third-order valence-electron chi connectivity index (χ3n) is 7.13. The van der Waals surface area contributed by atoms with Gasteiger partial charge in [0.1, 0.15) is 0 Å². The van der Waals surface area contributed by atoms with Crippen LogP contribution in [0, 0.1) is 11.8 Å². The summed E-state index contributed by atoms with van der Waals surface area (Å²) >= 11 is 0. The Labute approximate surface area is 216 Å². The van der Waals surface area contributed by atoms with Crippen LogP contribution in [-0.2, 0) is 4.79 Å². The van der Waals surface area contributed by atoms with E-state index in [1.807, 2.05) is 42.6 Å². The van der Waals surface area contributed by atoms with Crippen LogP contribution in [-0.4, -0.2) is 37.6 Å². The number of nitrogens with one attached hydrogen (secondary N) is 3. The van der Waals surface area contributed by atoms with Crippen LogP contribution in [0.3, 0.4) is 0 Å². The van der Waals surface area contributed by atoms with Gasteiger partial charge in [-0.3, -0.25) is 9.59 Å². The van der Waals surface area contributed by atoms with E-state index >= 15 is 0 Å². The van der Waals surface area contributed by atoms with Gasteiger partial charge in [-0.15, -0.1) is 0 Å². The molecule has 3 aromatic carbocycles. The summed E-state index contributed by atoms with van der Waals surface area (Å²) in [4.78, 5) is 28.7. The van der Waals surface area contributed by atoms with Gasteiger partial charge in [0.05, 0.1) is 14.2 Å². The number of hydrogen-bond donors (Lipinski definition) is 3. The normalized spacial score (nSPS) is 17.2. The van der Waals surface area contributed by atoms with E-state index in [-0.39, 0.29) is 23.7 Å². The van der Waals surface area contributed by atoms with Gasteiger partial charge in [0.2, 0.25) is 5.91 Å². The van der Waals surface area contributed by atoms with E-state index in [1.165, 1.54) is 0 Å². The monoisotopic (exact) mass is 497 g/mol. The quantitative estimate of drug-likeness (QED) is 0.291. The van der Waals surface area contributed by atoms with Crippen LogP contribution in [0.25, 0.3) is 10.9 Å². The first-order valence-electron chi connectivity index (χ1n) is 12.5. The second kappa shape index (κ2) is 10.4. The van der Waals surface area contributed by atoms with Crippen molar-refractivity contribution in [2.45, 2.75) is 19.3 Å². The number of aromatic nitrogens is 1. The Morgan fingerprint density at radius 1 is 0.973 bits per heavy atom. The maximum atomic E-state index is 13.1. The zero-order chi connectivity index (χ0) is 25.9. The zero-order valence-corrected chi connectivity index (χ0v) is 21.2. The highest BCUT2D eigenvalue weighted by molar-refractivity contribution is 5.97. The van der Waals surface area contributed by atoms with Gasteiger partial charge < -0.3 is 25.1 Å². The number of methoxy groups -OCH3 is 2.